The number of piperidine rings is 1. The Labute approximate surface area is 122 Å². The number of aryl methyl sites for hydroxylation is 1. The summed E-state index contributed by atoms with van der Waals surface area (Å²) in [7, 11) is -2.06. The molecular weight excluding hydrogens is 302 g/mol. The number of sulfonamides is 1. The Balaban J connectivity index is 2.30. The van der Waals surface area contributed by atoms with Gasteiger partial charge in [0, 0.05) is 20.2 Å². The molecule has 20 heavy (non-hydrogen) atoms. The first-order valence-electron chi connectivity index (χ1n) is 6.23. The van der Waals surface area contributed by atoms with Gasteiger partial charge in [-0.2, -0.15) is 4.31 Å². The summed E-state index contributed by atoms with van der Waals surface area (Å²) < 4.78 is 31.7. The fraction of sp³-hybridized carbons (Fsp3) is 0.583. The first kappa shape index (κ1) is 15.4. The van der Waals surface area contributed by atoms with E-state index >= 15 is 0 Å². The molecule has 1 aromatic heterocycles. The van der Waals surface area contributed by atoms with Gasteiger partial charge in [-0.25, -0.2) is 13.2 Å². The number of hydrogen-bond donors (Lipinski definition) is 1. The lowest BCUT2D eigenvalue weighted by molar-refractivity contribution is 0.0572. The van der Waals surface area contributed by atoms with Crippen molar-refractivity contribution < 1.29 is 23.1 Å². The Morgan fingerprint density at radius 2 is 2.25 bits per heavy atom. The number of rotatable bonds is 4. The zero-order valence-electron chi connectivity index (χ0n) is 11.3. The highest BCUT2D eigenvalue weighted by molar-refractivity contribution is 7.91. The summed E-state index contributed by atoms with van der Waals surface area (Å²) in [6, 6.07) is 1.43. The Kier molecular flexibility index (Phi) is 4.48. The van der Waals surface area contributed by atoms with Crippen LogP contribution in [0.15, 0.2) is 10.3 Å². The van der Waals surface area contributed by atoms with Crippen molar-refractivity contribution >= 4 is 27.3 Å². The molecule has 112 valence electrons. The number of hydrogen-bond acceptors (Lipinski definition) is 5. The van der Waals surface area contributed by atoms with E-state index in [9.17, 15) is 13.2 Å². The summed E-state index contributed by atoms with van der Waals surface area (Å²) in [6.45, 7) is 2.37. The Hall–Kier alpha value is -0.960. The first-order valence-corrected chi connectivity index (χ1v) is 8.48. The molecule has 1 atom stereocenters. The van der Waals surface area contributed by atoms with Crippen LogP contribution in [-0.4, -0.2) is 50.1 Å². The van der Waals surface area contributed by atoms with Crippen LogP contribution in [-0.2, 0) is 14.8 Å². The van der Waals surface area contributed by atoms with Gasteiger partial charge in [-0.1, -0.05) is 0 Å². The van der Waals surface area contributed by atoms with Gasteiger partial charge in [0.2, 0.25) is 0 Å². The number of methoxy groups -OCH3 is 1. The van der Waals surface area contributed by atoms with Crippen LogP contribution in [0.4, 0.5) is 0 Å². The predicted molar refractivity (Wildman–Crippen MR) is 74.8 cm³/mol. The molecule has 0 aromatic carbocycles. The third-order valence-electron chi connectivity index (χ3n) is 3.36. The standard InChI is InChI=1S/C12H17NO5S2/c1-8-6-10(19-11(8)12(14)15)20(16,17)13-5-3-4-9(7-13)18-2/h6,9H,3-5,7H2,1-2H3,(H,14,15). The van der Waals surface area contributed by atoms with E-state index in [2.05, 4.69) is 0 Å². The number of aromatic carboxylic acids is 1. The van der Waals surface area contributed by atoms with Crippen LogP contribution >= 0.6 is 11.3 Å². The Bertz CT molecular complexity index is 607. The lowest BCUT2D eigenvalue weighted by Gasteiger charge is -2.30. The molecule has 0 aliphatic carbocycles. The fourth-order valence-corrected chi connectivity index (χ4v) is 5.28. The molecule has 1 aliphatic heterocycles. The highest BCUT2D eigenvalue weighted by atomic mass is 32.2. The largest absolute Gasteiger partial charge is 0.477 e. The molecule has 8 heteroatoms. The van der Waals surface area contributed by atoms with Crippen molar-refractivity contribution in [2.24, 2.45) is 0 Å². The SMILES string of the molecule is COC1CCCN(S(=O)(=O)c2cc(C)c(C(=O)O)s2)C1. The number of nitrogens with zero attached hydrogens (tertiary/aromatic N) is 1. The zero-order chi connectivity index (χ0) is 14.9. The highest BCUT2D eigenvalue weighted by Gasteiger charge is 2.32. The van der Waals surface area contributed by atoms with E-state index in [1.165, 1.54) is 10.4 Å². The molecule has 1 aliphatic rings. The quantitative estimate of drug-likeness (QED) is 0.910. The van der Waals surface area contributed by atoms with Crippen LogP contribution in [0.3, 0.4) is 0 Å². The van der Waals surface area contributed by atoms with Crippen LogP contribution in [0.25, 0.3) is 0 Å². The van der Waals surface area contributed by atoms with Crippen LogP contribution in [0.2, 0.25) is 0 Å². The van der Waals surface area contributed by atoms with E-state index in [1.807, 2.05) is 0 Å². The van der Waals surface area contributed by atoms with Crippen LogP contribution in [0.5, 0.6) is 0 Å². The van der Waals surface area contributed by atoms with Crippen LogP contribution in [0.1, 0.15) is 28.1 Å². The summed E-state index contributed by atoms with van der Waals surface area (Å²) >= 11 is 0.807. The molecule has 1 aromatic rings. The van der Waals surface area contributed by atoms with E-state index in [0.717, 1.165) is 24.2 Å². The van der Waals surface area contributed by atoms with Gasteiger partial charge >= 0.3 is 5.97 Å². The van der Waals surface area contributed by atoms with Crippen molar-refractivity contribution in [3.63, 3.8) is 0 Å². The van der Waals surface area contributed by atoms with E-state index in [1.54, 1.807) is 14.0 Å². The third-order valence-corrected chi connectivity index (χ3v) is 6.90. The third kappa shape index (κ3) is 2.88. The number of thiophene rings is 1. The molecule has 1 unspecified atom stereocenters. The summed E-state index contributed by atoms with van der Waals surface area (Å²) in [5, 5.41) is 9.02. The van der Waals surface area contributed by atoms with Crippen molar-refractivity contribution in [2.45, 2.75) is 30.1 Å². The van der Waals surface area contributed by atoms with Gasteiger partial charge in [-0.05, 0) is 31.4 Å². The van der Waals surface area contributed by atoms with Crippen LogP contribution in [0, 0.1) is 6.92 Å². The summed E-state index contributed by atoms with van der Waals surface area (Å²) in [4.78, 5) is 11.1. The van der Waals surface area contributed by atoms with Crippen molar-refractivity contribution in [1.29, 1.82) is 0 Å². The Morgan fingerprint density at radius 1 is 1.55 bits per heavy atom. The molecule has 0 spiro atoms. The summed E-state index contributed by atoms with van der Waals surface area (Å²) in [6.07, 6.45) is 1.48. The van der Waals surface area contributed by atoms with Crippen molar-refractivity contribution in [2.75, 3.05) is 20.2 Å². The molecule has 0 radical (unpaired) electrons. The molecule has 0 amide bonds. The molecule has 0 bridgehead atoms. The molecule has 2 heterocycles. The minimum absolute atomic E-state index is 0.0730. The molecule has 2 rings (SSSR count). The number of carboxylic acids is 1. The van der Waals surface area contributed by atoms with Crippen LogP contribution < -0.4 is 0 Å². The molecule has 6 nitrogen and oxygen atoms in total. The second-order valence-corrected chi connectivity index (χ2v) is 7.96. The second kappa shape index (κ2) is 5.80. The molecule has 0 saturated carbocycles. The van der Waals surface area contributed by atoms with Crippen molar-refractivity contribution in [1.82, 2.24) is 4.31 Å². The van der Waals surface area contributed by atoms with Gasteiger partial charge in [0.1, 0.15) is 9.09 Å². The number of carbonyl (C=O) groups is 1. The lowest BCUT2D eigenvalue weighted by atomic mass is 10.1. The first-order chi connectivity index (χ1) is 9.36. The van der Waals surface area contributed by atoms with Gasteiger partial charge in [0.15, 0.2) is 0 Å². The van der Waals surface area contributed by atoms with Crippen molar-refractivity contribution in [3.8, 4) is 0 Å². The highest BCUT2D eigenvalue weighted by Crippen LogP contribution is 2.30. The molecule has 1 fully saturated rings. The average Bonchev–Trinajstić information content (AvgIpc) is 2.82. The minimum Gasteiger partial charge on any atom is -0.477 e. The van der Waals surface area contributed by atoms with Gasteiger partial charge in [-0.3, -0.25) is 0 Å². The normalized spacial score (nSPS) is 21.0. The molecular formula is C12H17NO5S2. The van der Waals surface area contributed by atoms with Gasteiger partial charge in [-0.15, -0.1) is 11.3 Å². The van der Waals surface area contributed by atoms with E-state index in [0.29, 0.717) is 18.7 Å². The van der Waals surface area contributed by atoms with Gasteiger partial charge < -0.3 is 9.84 Å². The Morgan fingerprint density at radius 3 is 2.80 bits per heavy atom. The summed E-state index contributed by atoms with van der Waals surface area (Å²) in [5.74, 6) is -1.10. The number of carboxylic acid groups (broad SMARTS) is 1. The van der Waals surface area contributed by atoms with E-state index < -0.39 is 16.0 Å². The smallest absolute Gasteiger partial charge is 0.346 e. The maximum Gasteiger partial charge on any atom is 0.346 e. The summed E-state index contributed by atoms with van der Waals surface area (Å²) in [5.41, 5.74) is 0.473. The fourth-order valence-electron chi connectivity index (χ4n) is 2.24. The lowest BCUT2D eigenvalue weighted by Crippen LogP contribution is -2.42. The monoisotopic (exact) mass is 319 g/mol. The average molecular weight is 319 g/mol. The maximum absolute atomic E-state index is 12.5. The van der Waals surface area contributed by atoms with E-state index in [-0.39, 0.29) is 15.2 Å². The topological polar surface area (TPSA) is 83.9 Å². The molecule has 1 saturated heterocycles. The zero-order valence-corrected chi connectivity index (χ0v) is 13.0. The second-order valence-electron chi connectivity index (χ2n) is 4.75. The minimum atomic E-state index is -3.63. The number of ether oxygens (including phenoxy) is 1. The maximum atomic E-state index is 12.5. The van der Waals surface area contributed by atoms with Gasteiger partial charge in [0.25, 0.3) is 10.0 Å². The molecule has 1 N–H and O–H groups in total. The predicted octanol–water partition coefficient (Wildman–Crippen LogP) is 1.55. The van der Waals surface area contributed by atoms with E-state index in [4.69, 9.17) is 9.84 Å². The van der Waals surface area contributed by atoms with Crippen molar-refractivity contribution in [3.05, 3.63) is 16.5 Å². The van der Waals surface area contributed by atoms with Gasteiger partial charge in [0.05, 0.1) is 6.10 Å².